The van der Waals surface area contributed by atoms with Crippen molar-refractivity contribution in [1.82, 2.24) is 0 Å². The maximum Gasteiger partial charge on any atom is 0.126 e. The molecule has 1 rings (SSSR count). The van der Waals surface area contributed by atoms with Gasteiger partial charge in [-0.05, 0) is 24.6 Å². The topological polar surface area (TPSA) is 43.1 Å². The average molecular weight is 233 g/mol. The first-order valence-corrected chi connectivity index (χ1v) is 6.01. The van der Waals surface area contributed by atoms with E-state index in [9.17, 15) is 13.0 Å². The highest BCUT2D eigenvalue weighted by atomic mass is 32.2. The van der Waals surface area contributed by atoms with E-state index in [1.54, 1.807) is 6.92 Å². The highest BCUT2D eigenvalue weighted by Crippen LogP contribution is 2.10. The number of hydrogen-bond donors (Lipinski definition) is 1. The van der Waals surface area contributed by atoms with Crippen LogP contribution in [0.5, 0.6) is 0 Å². The quantitative estimate of drug-likeness (QED) is 0.857. The maximum absolute atomic E-state index is 12.8. The van der Waals surface area contributed by atoms with Gasteiger partial charge in [0.25, 0.3) is 0 Å². The number of benzene rings is 1. The van der Waals surface area contributed by atoms with Gasteiger partial charge < -0.3 is 5.73 Å². The van der Waals surface area contributed by atoms with Crippen molar-refractivity contribution in [3.05, 3.63) is 35.4 Å². The summed E-state index contributed by atoms with van der Waals surface area (Å²) in [5, 5.41) is 0. The van der Waals surface area contributed by atoms with Gasteiger partial charge in [0.05, 0.1) is 0 Å². The number of hydrogen-bond acceptors (Lipinski definition) is 2. The van der Waals surface area contributed by atoms with Gasteiger partial charge in [0.15, 0.2) is 0 Å². The molecule has 0 saturated heterocycles. The fourth-order valence-corrected chi connectivity index (χ4v) is 2.48. The first kappa shape index (κ1) is 12.3. The van der Waals surface area contributed by atoms with Crippen molar-refractivity contribution in [1.29, 1.82) is 0 Å². The Kier molecular flexibility index (Phi) is 4.35. The minimum atomic E-state index is -1.18. The Bertz CT molecular complexity index is 348. The summed E-state index contributed by atoms with van der Waals surface area (Å²) in [6, 6.07) is 2.98. The highest BCUT2D eigenvalue weighted by Gasteiger charge is 2.07. The Morgan fingerprint density at radius 3 is 2.33 bits per heavy atom. The van der Waals surface area contributed by atoms with Gasteiger partial charge in [0.2, 0.25) is 0 Å². The van der Waals surface area contributed by atoms with Crippen LogP contribution in [0.15, 0.2) is 18.2 Å². The smallest absolute Gasteiger partial charge is 0.126 e. The second kappa shape index (κ2) is 5.32. The fraction of sp³-hybridized carbons (Fsp3) is 0.400. The van der Waals surface area contributed by atoms with E-state index >= 15 is 0 Å². The molecule has 0 heterocycles. The lowest BCUT2D eigenvalue weighted by molar-refractivity contribution is 0.581. The maximum atomic E-state index is 12.8. The monoisotopic (exact) mass is 233 g/mol. The van der Waals surface area contributed by atoms with Crippen LogP contribution in [0.2, 0.25) is 0 Å². The average Bonchev–Trinajstić information content (AvgIpc) is 1.98. The number of nitrogens with two attached hydrogens (primary N) is 1. The third-order valence-electron chi connectivity index (χ3n) is 1.70. The van der Waals surface area contributed by atoms with Gasteiger partial charge >= 0.3 is 0 Å². The zero-order valence-corrected chi connectivity index (χ0v) is 9.19. The molecule has 0 amide bonds. The zero-order valence-electron chi connectivity index (χ0n) is 8.37. The van der Waals surface area contributed by atoms with Crippen LogP contribution in [-0.4, -0.2) is 16.0 Å². The van der Waals surface area contributed by atoms with Crippen LogP contribution in [0.25, 0.3) is 0 Å². The van der Waals surface area contributed by atoms with E-state index in [-0.39, 0.29) is 11.8 Å². The molecular formula is C10H13F2NOS. The Balaban J connectivity index is 2.68. The summed E-state index contributed by atoms with van der Waals surface area (Å²) in [6.07, 6.45) is 0. The molecule has 0 aliphatic heterocycles. The van der Waals surface area contributed by atoms with Gasteiger partial charge in [0.1, 0.15) is 11.6 Å². The lowest BCUT2D eigenvalue weighted by Gasteiger charge is -2.05. The largest absolute Gasteiger partial charge is 0.327 e. The fourth-order valence-electron chi connectivity index (χ4n) is 1.23. The molecule has 0 bridgehead atoms. The van der Waals surface area contributed by atoms with Crippen LogP contribution >= 0.6 is 0 Å². The minimum absolute atomic E-state index is 0.135. The molecule has 1 aromatic carbocycles. The van der Waals surface area contributed by atoms with Crippen LogP contribution in [0.4, 0.5) is 8.78 Å². The number of rotatable bonds is 4. The molecule has 2 N–H and O–H groups in total. The predicted molar refractivity (Wildman–Crippen MR) is 56.7 cm³/mol. The molecule has 15 heavy (non-hydrogen) atoms. The summed E-state index contributed by atoms with van der Waals surface area (Å²) in [5.74, 6) is -0.834. The molecule has 0 aliphatic rings. The molecule has 5 heteroatoms. The summed E-state index contributed by atoms with van der Waals surface area (Å²) in [7, 11) is -1.18. The van der Waals surface area contributed by atoms with Gasteiger partial charge in [-0.25, -0.2) is 8.78 Å². The Morgan fingerprint density at radius 2 is 1.87 bits per heavy atom. The number of halogens is 2. The third-order valence-corrected chi connectivity index (χ3v) is 3.25. The van der Waals surface area contributed by atoms with Crippen molar-refractivity contribution in [2.24, 2.45) is 5.73 Å². The van der Waals surface area contributed by atoms with E-state index in [2.05, 4.69) is 0 Å². The van der Waals surface area contributed by atoms with Crippen molar-refractivity contribution in [3.8, 4) is 0 Å². The molecule has 2 atom stereocenters. The first-order valence-electron chi connectivity index (χ1n) is 4.53. The summed E-state index contributed by atoms with van der Waals surface area (Å²) >= 11 is 0. The summed E-state index contributed by atoms with van der Waals surface area (Å²) in [5.41, 5.74) is 5.86. The SMILES string of the molecule is CC(N)CS(=O)Cc1cc(F)cc(F)c1. The van der Waals surface area contributed by atoms with Crippen LogP contribution in [0.3, 0.4) is 0 Å². The third kappa shape index (κ3) is 4.48. The standard InChI is InChI=1S/C10H13F2NOS/c1-7(13)5-15(14)6-8-2-9(11)4-10(12)3-8/h2-4,7H,5-6,13H2,1H3. The first-order chi connectivity index (χ1) is 6.97. The molecule has 0 aliphatic carbocycles. The van der Waals surface area contributed by atoms with Gasteiger partial charge in [-0.3, -0.25) is 4.21 Å². The molecule has 0 saturated carbocycles. The van der Waals surface area contributed by atoms with Crippen LogP contribution in [0.1, 0.15) is 12.5 Å². The van der Waals surface area contributed by atoms with E-state index in [1.165, 1.54) is 12.1 Å². The van der Waals surface area contributed by atoms with Crippen molar-refractivity contribution in [3.63, 3.8) is 0 Å². The van der Waals surface area contributed by atoms with Gasteiger partial charge in [-0.1, -0.05) is 0 Å². The van der Waals surface area contributed by atoms with Crippen molar-refractivity contribution < 1.29 is 13.0 Å². The van der Waals surface area contributed by atoms with E-state index in [1.807, 2.05) is 0 Å². The molecule has 2 nitrogen and oxygen atoms in total. The van der Waals surface area contributed by atoms with Crippen molar-refractivity contribution in [2.45, 2.75) is 18.7 Å². The predicted octanol–water partition coefficient (Wildman–Crippen LogP) is 1.56. The van der Waals surface area contributed by atoms with E-state index < -0.39 is 22.4 Å². The van der Waals surface area contributed by atoms with E-state index in [0.29, 0.717) is 11.3 Å². The van der Waals surface area contributed by atoms with Crippen LogP contribution in [-0.2, 0) is 16.6 Å². The Labute approximate surface area is 89.9 Å². The Hall–Kier alpha value is -0.810. The van der Waals surface area contributed by atoms with Gasteiger partial charge in [-0.15, -0.1) is 0 Å². The van der Waals surface area contributed by atoms with Crippen molar-refractivity contribution >= 4 is 10.8 Å². The summed E-state index contributed by atoms with van der Waals surface area (Å²) in [4.78, 5) is 0. The molecular weight excluding hydrogens is 220 g/mol. The molecule has 2 unspecified atom stereocenters. The van der Waals surface area contributed by atoms with Gasteiger partial charge in [0, 0.05) is 34.4 Å². The highest BCUT2D eigenvalue weighted by molar-refractivity contribution is 7.84. The molecule has 0 fully saturated rings. The summed E-state index contributed by atoms with van der Waals surface area (Å²) < 4.78 is 37.0. The molecule has 1 aromatic rings. The molecule has 84 valence electrons. The molecule has 0 aromatic heterocycles. The van der Waals surface area contributed by atoms with E-state index in [4.69, 9.17) is 5.73 Å². The minimum Gasteiger partial charge on any atom is -0.327 e. The van der Waals surface area contributed by atoms with Crippen LogP contribution in [0, 0.1) is 11.6 Å². The lowest BCUT2D eigenvalue weighted by Crippen LogP contribution is -2.23. The zero-order chi connectivity index (χ0) is 11.4. The lowest BCUT2D eigenvalue weighted by atomic mass is 10.2. The summed E-state index contributed by atoms with van der Waals surface area (Å²) in [6.45, 7) is 1.74. The van der Waals surface area contributed by atoms with Crippen molar-refractivity contribution in [2.75, 3.05) is 5.75 Å². The second-order valence-electron chi connectivity index (χ2n) is 3.51. The Morgan fingerprint density at radius 1 is 1.33 bits per heavy atom. The molecule has 0 spiro atoms. The molecule has 0 radical (unpaired) electrons. The van der Waals surface area contributed by atoms with Gasteiger partial charge in [-0.2, -0.15) is 0 Å². The van der Waals surface area contributed by atoms with Crippen LogP contribution < -0.4 is 5.73 Å². The normalized spacial score (nSPS) is 14.9. The second-order valence-corrected chi connectivity index (χ2v) is 5.01. The van der Waals surface area contributed by atoms with E-state index in [0.717, 1.165) is 6.07 Å².